The molecular weight excluding hydrogens is 328 g/mol. The smallest absolute Gasteiger partial charge is 0.251 e. The van der Waals surface area contributed by atoms with Crippen LogP contribution in [0.25, 0.3) is 10.9 Å². The Kier molecular flexibility index (Phi) is 4.53. The molecule has 3 heterocycles. The molecule has 0 bridgehead atoms. The summed E-state index contributed by atoms with van der Waals surface area (Å²) in [5, 5.41) is 4.94. The highest BCUT2D eigenvalue weighted by molar-refractivity contribution is 5.92. The number of carbonyl (C=O) groups excluding carboxylic acids is 1. The summed E-state index contributed by atoms with van der Waals surface area (Å²) in [5.74, 6) is 0.154. The molecule has 4 N–H and O–H groups in total. The van der Waals surface area contributed by atoms with Crippen LogP contribution in [0.2, 0.25) is 0 Å². The summed E-state index contributed by atoms with van der Waals surface area (Å²) in [6, 6.07) is 8.84. The number of anilines is 1. The monoisotopic (exact) mass is 350 g/mol. The van der Waals surface area contributed by atoms with Crippen molar-refractivity contribution in [1.29, 1.82) is 0 Å². The third-order valence-corrected chi connectivity index (χ3v) is 4.96. The predicted octanol–water partition coefficient (Wildman–Crippen LogP) is 1.82. The van der Waals surface area contributed by atoms with Crippen molar-refractivity contribution in [1.82, 2.24) is 20.3 Å². The number of fused-ring (bicyclic) bond motifs is 1. The highest BCUT2D eigenvalue weighted by Gasteiger charge is 2.21. The molecule has 1 saturated heterocycles. The molecule has 0 aliphatic carbocycles. The normalized spacial score (nSPS) is 15.5. The number of para-hydroxylation sites is 1. The van der Waals surface area contributed by atoms with E-state index < -0.39 is 5.91 Å². The van der Waals surface area contributed by atoms with Crippen LogP contribution < -0.4 is 16.0 Å². The predicted molar refractivity (Wildman–Crippen MR) is 101 cm³/mol. The summed E-state index contributed by atoms with van der Waals surface area (Å²) in [6.45, 7) is 2.64. The van der Waals surface area contributed by atoms with E-state index in [4.69, 9.17) is 5.73 Å². The third kappa shape index (κ3) is 3.39. The van der Waals surface area contributed by atoms with Crippen LogP contribution in [-0.2, 0) is 6.54 Å². The maximum Gasteiger partial charge on any atom is 0.251 e. The van der Waals surface area contributed by atoms with Crippen molar-refractivity contribution in [2.75, 3.05) is 18.0 Å². The van der Waals surface area contributed by atoms with Crippen molar-refractivity contribution >= 4 is 22.8 Å². The molecule has 1 aliphatic heterocycles. The minimum Gasteiger partial charge on any atom is -0.366 e. The zero-order chi connectivity index (χ0) is 17.9. The molecule has 1 amide bonds. The number of nitrogens with two attached hydrogens (primary N) is 1. The molecule has 0 spiro atoms. The summed E-state index contributed by atoms with van der Waals surface area (Å²) in [7, 11) is 0. The number of piperidine rings is 1. The van der Waals surface area contributed by atoms with E-state index in [0.717, 1.165) is 32.5 Å². The van der Waals surface area contributed by atoms with Gasteiger partial charge < -0.3 is 20.9 Å². The van der Waals surface area contributed by atoms with Gasteiger partial charge in [0, 0.05) is 55.2 Å². The average Bonchev–Trinajstić information content (AvgIpc) is 3.10. The lowest BCUT2D eigenvalue weighted by Crippen LogP contribution is -2.42. The first-order chi connectivity index (χ1) is 12.7. The highest BCUT2D eigenvalue weighted by Crippen LogP contribution is 2.19. The van der Waals surface area contributed by atoms with Gasteiger partial charge in [0.15, 0.2) is 0 Å². The van der Waals surface area contributed by atoms with Crippen LogP contribution in [0.4, 0.5) is 5.95 Å². The van der Waals surface area contributed by atoms with E-state index in [-0.39, 0.29) is 0 Å². The molecule has 1 fully saturated rings. The van der Waals surface area contributed by atoms with E-state index in [0.29, 0.717) is 17.6 Å². The number of nitrogens with one attached hydrogen (secondary N) is 2. The number of aromatic amines is 1. The Morgan fingerprint density at radius 1 is 1.23 bits per heavy atom. The van der Waals surface area contributed by atoms with Crippen LogP contribution in [-0.4, -0.2) is 40.0 Å². The highest BCUT2D eigenvalue weighted by atomic mass is 16.1. The molecule has 3 aromatic rings. The summed E-state index contributed by atoms with van der Waals surface area (Å²) >= 11 is 0. The minimum atomic E-state index is -0.503. The summed E-state index contributed by atoms with van der Waals surface area (Å²) in [5.41, 5.74) is 8.04. The fourth-order valence-corrected chi connectivity index (χ4v) is 3.43. The number of rotatable bonds is 5. The number of nitrogens with zero attached hydrogens (tertiary/aromatic N) is 3. The van der Waals surface area contributed by atoms with Gasteiger partial charge in [0.2, 0.25) is 5.95 Å². The first kappa shape index (κ1) is 16.5. The van der Waals surface area contributed by atoms with Crippen LogP contribution in [0.1, 0.15) is 28.8 Å². The van der Waals surface area contributed by atoms with E-state index in [9.17, 15) is 4.79 Å². The van der Waals surface area contributed by atoms with Crippen molar-refractivity contribution in [3.05, 3.63) is 54.0 Å². The van der Waals surface area contributed by atoms with Crippen LogP contribution in [0.15, 0.2) is 42.9 Å². The molecule has 1 aliphatic rings. The topological polar surface area (TPSA) is 99.9 Å². The van der Waals surface area contributed by atoms with Gasteiger partial charge >= 0.3 is 0 Å². The molecule has 134 valence electrons. The lowest BCUT2D eigenvalue weighted by atomic mass is 10.0. The summed E-state index contributed by atoms with van der Waals surface area (Å²) in [4.78, 5) is 25.1. The fourth-order valence-electron chi connectivity index (χ4n) is 3.43. The van der Waals surface area contributed by atoms with Gasteiger partial charge in [-0.15, -0.1) is 0 Å². The fraction of sp³-hybridized carbons (Fsp3) is 0.316. The Balaban J connectivity index is 1.31. The Morgan fingerprint density at radius 2 is 1.96 bits per heavy atom. The number of H-pyrrole nitrogens is 1. The van der Waals surface area contributed by atoms with E-state index in [1.807, 2.05) is 6.07 Å². The molecule has 7 heteroatoms. The maximum absolute atomic E-state index is 11.1. The van der Waals surface area contributed by atoms with Gasteiger partial charge in [-0.05, 0) is 24.5 Å². The lowest BCUT2D eigenvalue weighted by molar-refractivity contribution is 0.0999. The number of hydrogen-bond donors (Lipinski definition) is 3. The molecule has 0 saturated carbocycles. The van der Waals surface area contributed by atoms with Gasteiger partial charge in [0.1, 0.15) is 0 Å². The molecule has 0 unspecified atom stereocenters. The van der Waals surface area contributed by atoms with Gasteiger partial charge in [-0.3, -0.25) is 4.79 Å². The summed E-state index contributed by atoms with van der Waals surface area (Å²) in [6.07, 6.45) is 7.13. The van der Waals surface area contributed by atoms with E-state index in [2.05, 4.69) is 49.6 Å². The Morgan fingerprint density at radius 3 is 2.69 bits per heavy atom. The van der Waals surface area contributed by atoms with E-state index in [1.54, 1.807) is 0 Å². The van der Waals surface area contributed by atoms with E-state index in [1.165, 1.54) is 28.9 Å². The van der Waals surface area contributed by atoms with Crippen molar-refractivity contribution in [2.45, 2.75) is 25.4 Å². The number of aromatic nitrogens is 3. The molecule has 26 heavy (non-hydrogen) atoms. The second kappa shape index (κ2) is 7.13. The van der Waals surface area contributed by atoms with Gasteiger partial charge in [-0.2, -0.15) is 0 Å². The molecule has 7 nitrogen and oxygen atoms in total. The zero-order valence-electron chi connectivity index (χ0n) is 14.5. The Labute approximate surface area is 151 Å². The molecule has 2 aromatic heterocycles. The number of primary amides is 1. The number of amides is 1. The van der Waals surface area contributed by atoms with Gasteiger partial charge in [0.05, 0.1) is 5.56 Å². The van der Waals surface area contributed by atoms with Crippen molar-refractivity contribution < 1.29 is 4.79 Å². The van der Waals surface area contributed by atoms with Crippen LogP contribution in [0.5, 0.6) is 0 Å². The van der Waals surface area contributed by atoms with Crippen LogP contribution >= 0.6 is 0 Å². The van der Waals surface area contributed by atoms with Gasteiger partial charge in [-0.25, -0.2) is 9.97 Å². The first-order valence-corrected chi connectivity index (χ1v) is 8.86. The number of carbonyl (C=O) groups is 1. The van der Waals surface area contributed by atoms with Crippen molar-refractivity contribution in [2.24, 2.45) is 5.73 Å². The minimum absolute atomic E-state index is 0.337. The first-order valence-electron chi connectivity index (χ1n) is 8.86. The van der Waals surface area contributed by atoms with Crippen molar-refractivity contribution in [3.8, 4) is 0 Å². The van der Waals surface area contributed by atoms with Crippen LogP contribution in [0.3, 0.4) is 0 Å². The number of hydrogen-bond acceptors (Lipinski definition) is 5. The third-order valence-electron chi connectivity index (χ3n) is 4.96. The van der Waals surface area contributed by atoms with Crippen LogP contribution in [0, 0.1) is 0 Å². The molecule has 0 radical (unpaired) electrons. The number of benzene rings is 1. The zero-order valence-corrected chi connectivity index (χ0v) is 14.5. The quantitative estimate of drug-likeness (QED) is 0.652. The maximum atomic E-state index is 11.1. The molecule has 0 atom stereocenters. The standard InChI is InChI=1S/C19H22N6O/c20-18(26)14-11-23-19(24-12-14)25-7-5-15(6-8-25)21-9-13-10-22-17-4-2-1-3-16(13)17/h1-4,10-12,15,21-22H,5-9H2,(H2,20,26). The molecular formula is C19H22N6O. The second-order valence-electron chi connectivity index (χ2n) is 6.64. The molecule has 4 rings (SSSR count). The summed E-state index contributed by atoms with van der Waals surface area (Å²) < 4.78 is 0. The largest absolute Gasteiger partial charge is 0.366 e. The molecule has 1 aromatic carbocycles. The average molecular weight is 350 g/mol. The lowest BCUT2D eigenvalue weighted by Gasteiger charge is -2.32. The van der Waals surface area contributed by atoms with Crippen molar-refractivity contribution in [3.63, 3.8) is 0 Å². The second-order valence-corrected chi connectivity index (χ2v) is 6.64. The van der Waals surface area contributed by atoms with Gasteiger partial charge in [-0.1, -0.05) is 18.2 Å². The van der Waals surface area contributed by atoms with E-state index >= 15 is 0 Å². The Bertz CT molecular complexity index is 896. The SMILES string of the molecule is NC(=O)c1cnc(N2CCC(NCc3c[nH]c4ccccc34)CC2)nc1. The van der Waals surface area contributed by atoms with Gasteiger partial charge in [0.25, 0.3) is 5.91 Å². The Hall–Kier alpha value is -2.93.